The maximum atomic E-state index is 12.8. The van der Waals surface area contributed by atoms with Gasteiger partial charge in [0.1, 0.15) is 11.3 Å². The molecule has 0 saturated carbocycles. The molecule has 0 aliphatic heterocycles. The van der Waals surface area contributed by atoms with Gasteiger partial charge >= 0.3 is 5.97 Å². The van der Waals surface area contributed by atoms with Gasteiger partial charge in [-0.05, 0) is 51.0 Å². The van der Waals surface area contributed by atoms with E-state index in [9.17, 15) is 9.59 Å². The molecule has 1 amide bonds. The van der Waals surface area contributed by atoms with Crippen LogP contribution in [0, 0.1) is 20.8 Å². The number of rotatable bonds is 8. The summed E-state index contributed by atoms with van der Waals surface area (Å²) in [7, 11) is 0. The normalized spacial score (nSPS) is 10.9. The Hall–Kier alpha value is -3.42. The van der Waals surface area contributed by atoms with Crippen molar-refractivity contribution >= 4 is 17.5 Å². The summed E-state index contributed by atoms with van der Waals surface area (Å²) in [5.74, 6) is -0.385. The number of ether oxygens (including phenoxy) is 1. The smallest absolute Gasteiger partial charge is 0.303 e. The molecule has 29 heavy (non-hydrogen) atoms. The highest BCUT2D eigenvalue weighted by atomic mass is 16.5. The first kappa shape index (κ1) is 20.3. The number of carbonyl (C=O) groups is 2. The largest absolute Gasteiger partial charge is 0.494 e. The van der Waals surface area contributed by atoms with E-state index in [1.54, 1.807) is 23.6 Å². The molecule has 3 aromatic rings. The predicted octanol–water partition coefficient (Wildman–Crippen LogP) is 2.83. The van der Waals surface area contributed by atoms with Crippen molar-refractivity contribution in [3.8, 4) is 5.75 Å². The van der Waals surface area contributed by atoms with Gasteiger partial charge in [-0.2, -0.15) is 5.10 Å². The first-order valence-electron chi connectivity index (χ1n) is 9.40. The molecule has 0 saturated heterocycles. The molecule has 0 bridgehead atoms. The predicted molar refractivity (Wildman–Crippen MR) is 107 cm³/mol. The van der Waals surface area contributed by atoms with Gasteiger partial charge in [-0.15, -0.1) is 0 Å². The van der Waals surface area contributed by atoms with Crippen molar-refractivity contribution in [2.45, 2.75) is 40.2 Å². The number of hydrogen-bond acceptors (Lipinski definition) is 5. The van der Waals surface area contributed by atoms with Crippen molar-refractivity contribution in [3.05, 3.63) is 58.5 Å². The number of aromatic nitrogens is 3. The third kappa shape index (κ3) is 4.90. The maximum Gasteiger partial charge on any atom is 0.303 e. The van der Waals surface area contributed by atoms with Gasteiger partial charge in [0.2, 0.25) is 0 Å². The average molecular weight is 396 g/mol. The van der Waals surface area contributed by atoms with Crippen molar-refractivity contribution in [2.24, 2.45) is 0 Å². The number of carbonyl (C=O) groups excluding carboxylic acids is 1. The average Bonchev–Trinajstić information content (AvgIpc) is 3.00. The zero-order chi connectivity index (χ0) is 21.0. The number of hydrogen-bond donors (Lipinski definition) is 2. The Morgan fingerprint density at radius 3 is 2.59 bits per heavy atom. The van der Waals surface area contributed by atoms with Crippen LogP contribution in [-0.2, 0) is 11.3 Å². The van der Waals surface area contributed by atoms with Gasteiger partial charge in [0.25, 0.3) is 5.91 Å². The molecule has 8 nitrogen and oxygen atoms in total. The molecule has 0 spiro atoms. The number of aliphatic carboxylic acids is 1. The van der Waals surface area contributed by atoms with E-state index in [0.717, 1.165) is 17.0 Å². The Balaban J connectivity index is 1.62. The maximum absolute atomic E-state index is 12.8. The summed E-state index contributed by atoms with van der Waals surface area (Å²) in [5, 5.41) is 16.0. The molecule has 2 N–H and O–H groups in total. The Bertz CT molecular complexity index is 1040. The number of benzene rings is 1. The number of fused-ring (bicyclic) bond motifs is 1. The molecule has 152 valence electrons. The van der Waals surface area contributed by atoms with E-state index in [1.165, 1.54) is 0 Å². The third-order valence-electron chi connectivity index (χ3n) is 4.48. The van der Waals surface area contributed by atoms with E-state index >= 15 is 0 Å². The topological polar surface area (TPSA) is 106 Å². The van der Waals surface area contributed by atoms with E-state index in [4.69, 9.17) is 9.84 Å². The van der Waals surface area contributed by atoms with Crippen LogP contribution in [-0.4, -0.2) is 38.2 Å². The van der Waals surface area contributed by atoms with Crippen LogP contribution in [0.3, 0.4) is 0 Å². The van der Waals surface area contributed by atoms with Crippen molar-refractivity contribution in [2.75, 3.05) is 6.61 Å². The van der Waals surface area contributed by atoms with E-state index in [-0.39, 0.29) is 12.3 Å². The second kappa shape index (κ2) is 8.72. The lowest BCUT2D eigenvalue weighted by atomic mass is 10.2. The minimum Gasteiger partial charge on any atom is -0.494 e. The Morgan fingerprint density at radius 2 is 1.90 bits per heavy atom. The monoisotopic (exact) mass is 396 g/mol. The van der Waals surface area contributed by atoms with Gasteiger partial charge in [-0.25, -0.2) is 9.50 Å². The Kier molecular flexibility index (Phi) is 6.11. The zero-order valence-corrected chi connectivity index (χ0v) is 16.7. The molecule has 0 radical (unpaired) electrons. The number of nitrogens with zero attached hydrogens (tertiary/aromatic N) is 3. The summed E-state index contributed by atoms with van der Waals surface area (Å²) in [4.78, 5) is 27.7. The lowest BCUT2D eigenvalue weighted by Crippen LogP contribution is -2.23. The fourth-order valence-electron chi connectivity index (χ4n) is 3.08. The SMILES string of the molecule is Cc1cc(C)n2nc(C)c(C(=O)NCc3ccc(OCCCC(=O)O)cc3)c2n1. The minimum atomic E-state index is -0.832. The molecular formula is C21H24N4O4. The van der Waals surface area contributed by atoms with Crippen molar-refractivity contribution in [1.82, 2.24) is 19.9 Å². The lowest BCUT2D eigenvalue weighted by molar-refractivity contribution is -0.137. The molecule has 0 atom stereocenters. The summed E-state index contributed by atoms with van der Waals surface area (Å²) < 4.78 is 7.20. The number of carboxylic acids is 1. The molecule has 0 aliphatic rings. The van der Waals surface area contributed by atoms with Gasteiger partial charge in [0, 0.05) is 24.4 Å². The van der Waals surface area contributed by atoms with Crippen LogP contribution in [0.2, 0.25) is 0 Å². The second-order valence-corrected chi connectivity index (χ2v) is 6.91. The molecule has 0 unspecified atom stereocenters. The summed E-state index contributed by atoms with van der Waals surface area (Å²) in [6.45, 7) is 6.33. The second-order valence-electron chi connectivity index (χ2n) is 6.91. The highest BCUT2D eigenvalue weighted by Gasteiger charge is 2.19. The third-order valence-corrected chi connectivity index (χ3v) is 4.48. The zero-order valence-electron chi connectivity index (χ0n) is 16.7. The molecule has 8 heteroatoms. The van der Waals surface area contributed by atoms with E-state index in [1.807, 2.05) is 32.0 Å². The van der Waals surface area contributed by atoms with Gasteiger partial charge in [-0.1, -0.05) is 12.1 Å². The molecule has 0 fully saturated rings. The van der Waals surface area contributed by atoms with Gasteiger partial charge in [0.05, 0.1) is 12.3 Å². The van der Waals surface area contributed by atoms with Crippen LogP contribution in [0.5, 0.6) is 5.75 Å². The van der Waals surface area contributed by atoms with Crippen LogP contribution in [0.25, 0.3) is 5.65 Å². The van der Waals surface area contributed by atoms with E-state index in [2.05, 4.69) is 15.4 Å². The van der Waals surface area contributed by atoms with Crippen molar-refractivity contribution in [1.29, 1.82) is 0 Å². The number of amides is 1. The molecule has 2 aromatic heterocycles. The van der Waals surface area contributed by atoms with E-state index < -0.39 is 5.97 Å². The number of nitrogens with one attached hydrogen (secondary N) is 1. The lowest BCUT2D eigenvalue weighted by Gasteiger charge is -2.08. The van der Waals surface area contributed by atoms with Crippen molar-refractivity contribution < 1.29 is 19.4 Å². The Morgan fingerprint density at radius 1 is 1.17 bits per heavy atom. The molecular weight excluding hydrogens is 372 g/mol. The number of carboxylic acid groups (broad SMARTS) is 1. The highest BCUT2D eigenvalue weighted by Crippen LogP contribution is 2.17. The Labute approximate surface area is 168 Å². The summed E-state index contributed by atoms with van der Waals surface area (Å²) in [6, 6.07) is 9.26. The first-order valence-corrected chi connectivity index (χ1v) is 9.40. The quantitative estimate of drug-likeness (QED) is 0.567. The highest BCUT2D eigenvalue weighted by molar-refractivity contribution is 6.01. The summed E-state index contributed by atoms with van der Waals surface area (Å²) in [6.07, 6.45) is 0.542. The van der Waals surface area contributed by atoms with Crippen LogP contribution in [0.1, 0.15) is 45.8 Å². The number of aryl methyl sites for hydroxylation is 3. The summed E-state index contributed by atoms with van der Waals surface area (Å²) >= 11 is 0. The standard InChI is InChI=1S/C21H24N4O4/c1-13-11-14(2)25-20(23-13)19(15(3)24-25)21(28)22-12-16-6-8-17(9-7-16)29-10-4-5-18(26)27/h6-9,11H,4-5,10,12H2,1-3H3,(H,22,28)(H,26,27). The first-order chi connectivity index (χ1) is 13.8. The van der Waals surface area contributed by atoms with Crippen LogP contribution in [0.4, 0.5) is 0 Å². The van der Waals surface area contributed by atoms with Gasteiger partial charge < -0.3 is 15.2 Å². The molecule has 2 heterocycles. The fraction of sp³-hybridized carbons (Fsp3) is 0.333. The van der Waals surface area contributed by atoms with Gasteiger partial charge in [-0.3, -0.25) is 9.59 Å². The minimum absolute atomic E-state index is 0.0843. The molecule has 0 aliphatic carbocycles. The molecule has 3 rings (SSSR count). The van der Waals surface area contributed by atoms with E-state index in [0.29, 0.717) is 42.2 Å². The van der Waals surface area contributed by atoms with Crippen molar-refractivity contribution in [3.63, 3.8) is 0 Å². The van der Waals surface area contributed by atoms with Gasteiger partial charge in [0.15, 0.2) is 5.65 Å². The summed E-state index contributed by atoms with van der Waals surface area (Å²) in [5.41, 5.74) is 4.36. The fourth-order valence-corrected chi connectivity index (χ4v) is 3.08. The van der Waals surface area contributed by atoms with Crippen LogP contribution in [0.15, 0.2) is 30.3 Å². The molecule has 1 aromatic carbocycles. The van der Waals surface area contributed by atoms with Crippen LogP contribution < -0.4 is 10.1 Å². The van der Waals surface area contributed by atoms with Crippen LogP contribution >= 0.6 is 0 Å².